The number of nitrogens with one attached hydrogen (secondary N) is 1. The number of nitrogens with zero attached hydrogens (tertiary/aromatic N) is 1. The van der Waals surface area contributed by atoms with Crippen molar-refractivity contribution in [3.63, 3.8) is 0 Å². The van der Waals surface area contributed by atoms with Crippen molar-refractivity contribution in [2.75, 3.05) is 20.3 Å². The summed E-state index contributed by atoms with van der Waals surface area (Å²) in [4.78, 5) is 0. The molecule has 104 valence electrons. The standard InChI is InChI=1S/C13H18N2O3S/c1-11(9-18-2)8-15-19(16,17)10-13-6-4-3-5-12(13)7-14/h3-6,11,15H,8-10H2,1-2H3. The molecule has 0 aromatic heterocycles. The lowest BCUT2D eigenvalue weighted by atomic mass is 10.1. The third kappa shape index (κ3) is 5.39. The van der Waals surface area contributed by atoms with E-state index in [1.54, 1.807) is 31.4 Å². The van der Waals surface area contributed by atoms with Crippen LogP contribution >= 0.6 is 0 Å². The first-order valence-corrected chi connectivity index (χ1v) is 7.58. The van der Waals surface area contributed by atoms with Crippen molar-refractivity contribution in [2.45, 2.75) is 12.7 Å². The molecule has 0 amide bonds. The second kappa shape index (κ2) is 7.24. The van der Waals surface area contributed by atoms with E-state index in [9.17, 15) is 8.42 Å². The number of methoxy groups -OCH3 is 1. The first-order chi connectivity index (χ1) is 8.98. The molecule has 0 aliphatic rings. The molecule has 5 nitrogen and oxygen atoms in total. The molecule has 19 heavy (non-hydrogen) atoms. The molecule has 0 aliphatic heterocycles. The van der Waals surface area contributed by atoms with Gasteiger partial charge in [-0.05, 0) is 17.5 Å². The van der Waals surface area contributed by atoms with E-state index in [2.05, 4.69) is 4.72 Å². The van der Waals surface area contributed by atoms with Gasteiger partial charge in [0.25, 0.3) is 0 Å². The Morgan fingerprint density at radius 3 is 2.74 bits per heavy atom. The molecule has 1 aromatic carbocycles. The Hall–Kier alpha value is -1.42. The summed E-state index contributed by atoms with van der Waals surface area (Å²) >= 11 is 0. The minimum absolute atomic E-state index is 0.103. The Labute approximate surface area is 114 Å². The zero-order chi connectivity index (χ0) is 14.3. The molecule has 1 atom stereocenters. The number of benzene rings is 1. The summed E-state index contributed by atoms with van der Waals surface area (Å²) in [5.74, 6) is -0.0813. The monoisotopic (exact) mass is 282 g/mol. The van der Waals surface area contributed by atoms with Gasteiger partial charge in [0.1, 0.15) is 0 Å². The smallest absolute Gasteiger partial charge is 0.215 e. The fourth-order valence-electron chi connectivity index (χ4n) is 1.62. The quantitative estimate of drug-likeness (QED) is 0.816. The largest absolute Gasteiger partial charge is 0.384 e. The maximum atomic E-state index is 11.9. The zero-order valence-electron chi connectivity index (χ0n) is 11.1. The number of nitriles is 1. The Balaban J connectivity index is 2.67. The van der Waals surface area contributed by atoms with Crippen LogP contribution in [0, 0.1) is 17.2 Å². The number of hydrogen-bond acceptors (Lipinski definition) is 4. The molecule has 0 heterocycles. The van der Waals surface area contributed by atoms with Crippen molar-refractivity contribution >= 4 is 10.0 Å². The van der Waals surface area contributed by atoms with Crippen LogP contribution in [0.25, 0.3) is 0 Å². The van der Waals surface area contributed by atoms with Gasteiger partial charge in [0.15, 0.2) is 0 Å². The highest BCUT2D eigenvalue weighted by atomic mass is 32.2. The van der Waals surface area contributed by atoms with E-state index in [4.69, 9.17) is 10.00 Å². The van der Waals surface area contributed by atoms with Crippen molar-refractivity contribution in [3.8, 4) is 6.07 Å². The molecular formula is C13H18N2O3S. The summed E-state index contributed by atoms with van der Waals surface area (Å²) < 4.78 is 31.3. The average molecular weight is 282 g/mol. The van der Waals surface area contributed by atoms with Crippen molar-refractivity contribution in [1.82, 2.24) is 4.72 Å². The lowest BCUT2D eigenvalue weighted by molar-refractivity contribution is 0.161. The Morgan fingerprint density at radius 2 is 2.11 bits per heavy atom. The Kier molecular flexibility index (Phi) is 5.96. The molecule has 0 fully saturated rings. The van der Waals surface area contributed by atoms with Gasteiger partial charge in [-0.1, -0.05) is 25.1 Å². The molecule has 6 heteroatoms. The van der Waals surface area contributed by atoms with E-state index in [1.165, 1.54) is 0 Å². The van der Waals surface area contributed by atoms with E-state index in [0.717, 1.165) is 0 Å². The first-order valence-electron chi connectivity index (χ1n) is 5.92. The van der Waals surface area contributed by atoms with Crippen LogP contribution in [-0.4, -0.2) is 28.7 Å². The summed E-state index contributed by atoms with van der Waals surface area (Å²) in [5.41, 5.74) is 0.898. The van der Waals surface area contributed by atoms with Crippen LogP contribution < -0.4 is 4.72 Å². The van der Waals surface area contributed by atoms with E-state index in [0.29, 0.717) is 24.3 Å². The third-order valence-corrected chi connectivity index (χ3v) is 3.88. The van der Waals surface area contributed by atoms with E-state index >= 15 is 0 Å². The van der Waals surface area contributed by atoms with Crippen LogP contribution in [0.3, 0.4) is 0 Å². The third-order valence-electron chi connectivity index (χ3n) is 2.59. The highest BCUT2D eigenvalue weighted by molar-refractivity contribution is 7.88. The predicted octanol–water partition coefficient (Wildman–Crippen LogP) is 1.26. The molecule has 0 aliphatic carbocycles. The van der Waals surface area contributed by atoms with Crippen molar-refractivity contribution in [1.29, 1.82) is 5.26 Å². The van der Waals surface area contributed by atoms with Crippen LogP contribution in [0.5, 0.6) is 0 Å². The molecule has 1 unspecified atom stereocenters. The number of rotatable bonds is 7. The van der Waals surface area contributed by atoms with Crippen LogP contribution in [-0.2, 0) is 20.5 Å². The lowest BCUT2D eigenvalue weighted by Gasteiger charge is -2.12. The second-order valence-electron chi connectivity index (χ2n) is 4.44. The van der Waals surface area contributed by atoms with Crippen molar-refractivity contribution in [3.05, 3.63) is 35.4 Å². The highest BCUT2D eigenvalue weighted by Gasteiger charge is 2.15. The maximum Gasteiger partial charge on any atom is 0.215 e. The summed E-state index contributed by atoms with van der Waals surface area (Å²) in [6, 6.07) is 8.68. The SMILES string of the molecule is COCC(C)CNS(=O)(=O)Cc1ccccc1C#N. The van der Waals surface area contributed by atoms with Gasteiger partial charge in [0.2, 0.25) is 10.0 Å². The van der Waals surface area contributed by atoms with Gasteiger partial charge < -0.3 is 4.74 Å². The van der Waals surface area contributed by atoms with Gasteiger partial charge in [-0.2, -0.15) is 5.26 Å². The molecular weight excluding hydrogens is 264 g/mol. The molecule has 1 aromatic rings. The van der Waals surface area contributed by atoms with Gasteiger partial charge >= 0.3 is 0 Å². The molecule has 0 saturated carbocycles. The van der Waals surface area contributed by atoms with Gasteiger partial charge in [0.05, 0.1) is 17.4 Å². The van der Waals surface area contributed by atoms with Gasteiger partial charge in [0, 0.05) is 20.3 Å². The topological polar surface area (TPSA) is 79.2 Å². The Bertz CT molecular complexity index is 549. The van der Waals surface area contributed by atoms with E-state index in [-0.39, 0.29) is 11.7 Å². The number of hydrogen-bond donors (Lipinski definition) is 1. The first kappa shape index (κ1) is 15.6. The summed E-state index contributed by atoms with van der Waals surface area (Å²) in [5, 5.41) is 8.92. The fourth-order valence-corrected chi connectivity index (χ4v) is 2.93. The highest BCUT2D eigenvalue weighted by Crippen LogP contribution is 2.11. The van der Waals surface area contributed by atoms with Crippen LogP contribution in [0.4, 0.5) is 0 Å². The number of sulfonamides is 1. The second-order valence-corrected chi connectivity index (χ2v) is 6.24. The molecule has 0 saturated heterocycles. The minimum Gasteiger partial charge on any atom is -0.384 e. The lowest BCUT2D eigenvalue weighted by Crippen LogP contribution is -2.31. The Morgan fingerprint density at radius 1 is 1.42 bits per heavy atom. The van der Waals surface area contributed by atoms with Gasteiger partial charge in [-0.3, -0.25) is 0 Å². The molecule has 1 N–H and O–H groups in total. The minimum atomic E-state index is -3.44. The fraction of sp³-hybridized carbons (Fsp3) is 0.462. The van der Waals surface area contributed by atoms with Gasteiger partial charge in [-0.25, -0.2) is 13.1 Å². The maximum absolute atomic E-state index is 11.9. The van der Waals surface area contributed by atoms with Crippen LogP contribution in [0.1, 0.15) is 18.1 Å². The summed E-state index contributed by atoms with van der Waals surface area (Å²) in [6.07, 6.45) is 0. The molecule has 1 rings (SSSR count). The predicted molar refractivity (Wildman–Crippen MR) is 72.8 cm³/mol. The summed E-state index contributed by atoms with van der Waals surface area (Å²) in [6.45, 7) is 2.72. The van der Waals surface area contributed by atoms with Crippen LogP contribution in [0.2, 0.25) is 0 Å². The van der Waals surface area contributed by atoms with Gasteiger partial charge in [-0.15, -0.1) is 0 Å². The van der Waals surface area contributed by atoms with Crippen molar-refractivity contribution < 1.29 is 13.2 Å². The summed E-state index contributed by atoms with van der Waals surface area (Å²) in [7, 11) is -1.86. The van der Waals surface area contributed by atoms with E-state index < -0.39 is 10.0 Å². The molecule has 0 radical (unpaired) electrons. The molecule has 0 bridgehead atoms. The number of ether oxygens (including phenoxy) is 1. The molecule has 0 spiro atoms. The van der Waals surface area contributed by atoms with Crippen molar-refractivity contribution in [2.24, 2.45) is 5.92 Å². The average Bonchev–Trinajstić information content (AvgIpc) is 2.37. The van der Waals surface area contributed by atoms with Crippen LogP contribution in [0.15, 0.2) is 24.3 Å². The van der Waals surface area contributed by atoms with E-state index in [1.807, 2.05) is 13.0 Å². The zero-order valence-corrected chi connectivity index (χ0v) is 11.9. The normalized spacial score (nSPS) is 12.9.